The standard InChI is InChI=1S/C21H28O9/c1-3-4-9-29-20(26)21(27)11-15(23)19(25)17(12-21)30-18(24)8-6-13-5-7-14(22)16(10-13)28-2/h5-8,10,15,17,19,22-23,25,27H,3-4,9,11-12H2,1-2H3/b8-6+/t15-,17?,19-,21+/m1/s1. The van der Waals surface area contributed by atoms with Gasteiger partial charge in [0.15, 0.2) is 17.1 Å². The van der Waals surface area contributed by atoms with Crippen molar-refractivity contribution in [2.45, 2.75) is 56.5 Å². The highest BCUT2D eigenvalue weighted by Crippen LogP contribution is 2.32. The molecule has 1 fully saturated rings. The number of benzene rings is 1. The molecule has 9 nitrogen and oxygen atoms in total. The number of phenols is 1. The van der Waals surface area contributed by atoms with Crippen LogP contribution in [0, 0.1) is 0 Å². The maximum Gasteiger partial charge on any atom is 0.338 e. The van der Waals surface area contributed by atoms with Gasteiger partial charge in [0.05, 0.1) is 19.8 Å². The number of unbranched alkanes of at least 4 members (excludes halogenated alkanes) is 1. The van der Waals surface area contributed by atoms with E-state index in [1.54, 1.807) is 6.07 Å². The van der Waals surface area contributed by atoms with Crippen molar-refractivity contribution >= 4 is 18.0 Å². The molecule has 1 saturated carbocycles. The molecule has 1 unspecified atom stereocenters. The van der Waals surface area contributed by atoms with Crippen molar-refractivity contribution in [2.24, 2.45) is 0 Å². The van der Waals surface area contributed by atoms with E-state index in [0.717, 1.165) is 12.5 Å². The summed E-state index contributed by atoms with van der Waals surface area (Å²) >= 11 is 0. The van der Waals surface area contributed by atoms with Gasteiger partial charge in [0.25, 0.3) is 0 Å². The van der Waals surface area contributed by atoms with Gasteiger partial charge in [0.2, 0.25) is 0 Å². The third-order valence-electron chi connectivity index (χ3n) is 4.86. The third kappa shape index (κ3) is 5.94. The van der Waals surface area contributed by atoms with E-state index in [1.165, 1.54) is 25.3 Å². The molecule has 1 aromatic rings. The van der Waals surface area contributed by atoms with E-state index in [1.807, 2.05) is 6.92 Å². The Morgan fingerprint density at radius 1 is 1.27 bits per heavy atom. The largest absolute Gasteiger partial charge is 0.504 e. The summed E-state index contributed by atoms with van der Waals surface area (Å²) in [6.07, 6.45) is -1.14. The minimum atomic E-state index is -2.06. The fourth-order valence-corrected chi connectivity index (χ4v) is 3.12. The quantitative estimate of drug-likeness (QED) is 0.272. The molecule has 1 aromatic carbocycles. The number of rotatable bonds is 8. The summed E-state index contributed by atoms with van der Waals surface area (Å²) < 4.78 is 15.2. The number of hydrogen-bond donors (Lipinski definition) is 4. The summed E-state index contributed by atoms with van der Waals surface area (Å²) in [4.78, 5) is 24.4. The normalized spacial score (nSPS) is 26.4. The smallest absolute Gasteiger partial charge is 0.338 e. The second-order valence-corrected chi connectivity index (χ2v) is 7.23. The second-order valence-electron chi connectivity index (χ2n) is 7.23. The van der Waals surface area contributed by atoms with Gasteiger partial charge in [-0.05, 0) is 30.2 Å². The number of carbonyl (C=O) groups excluding carboxylic acids is 2. The van der Waals surface area contributed by atoms with Crippen LogP contribution in [0.2, 0.25) is 0 Å². The van der Waals surface area contributed by atoms with Gasteiger partial charge in [-0.1, -0.05) is 19.4 Å². The molecule has 0 heterocycles. The molecular weight excluding hydrogens is 396 g/mol. The molecular formula is C21H28O9. The maximum absolute atomic E-state index is 12.2. The van der Waals surface area contributed by atoms with E-state index in [0.29, 0.717) is 12.0 Å². The summed E-state index contributed by atoms with van der Waals surface area (Å²) in [6, 6.07) is 4.45. The number of methoxy groups -OCH3 is 1. The van der Waals surface area contributed by atoms with E-state index in [-0.39, 0.29) is 18.1 Å². The van der Waals surface area contributed by atoms with Crippen molar-refractivity contribution in [1.82, 2.24) is 0 Å². The summed E-state index contributed by atoms with van der Waals surface area (Å²) in [6.45, 7) is 2.04. The molecule has 1 aliphatic rings. The Hall–Kier alpha value is -2.62. The first-order chi connectivity index (χ1) is 14.2. The van der Waals surface area contributed by atoms with E-state index in [9.17, 15) is 30.0 Å². The van der Waals surface area contributed by atoms with Gasteiger partial charge in [-0.15, -0.1) is 0 Å². The predicted molar refractivity (Wildman–Crippen MR) is 106 cm³/mol. The summed E-state index contributed by atoms with van der Waals surface area (Å²) in [5.41, 5.74) is -1.52. The Kier molecular flexibility index (Phi) is 8.22. The Balaban J connectivity index is 2.04. The van der Waals surface area contributed by atoms with Crippen molar-refractivity contribution in [3.8, 4) is 11.5 Å². The van der Waals surface area contributed by atoms with Crippen LogP contribution in [0.25, 0.3) is 6.08 Å². The molecule has 4 N–H and O–H groups in total. The average Bonchev–Trinajstić information content (AvgIpc) is 2.71. The van der Waals surface area contributed by atoms with Crippen molar-refractivity contribution < 1.29 is 44.2 Å². The molecule has 0 saturated heterocycles. The fraction of sp³-hybridized carbons (Fsp3) is 0.524. The van der Waals surface area contributed by atoms with Gasteiger partial charge in [0.1, 0.15) is 12.2 Å². The third-order valence-corrected chi connectivity index (χ3v) is 4.86. The summed E-state index contributed by atoms with van der Waals surface area (Å²) in [7, 11) is 1.39. The summed E-state index contributed by atoms with van der Waals surface area (Å²) in [5, 5.41) is 40.4. The van der Waals surface area contributed by atoms with Crippen LogP contribution in [0.15, 0.2) is 24.3 Å². The number of aliphatic hydroxyl groups is 3. The Bertz CT molecular complexity index is 776. The first-order valence-corrected chi connectivity index (χ1v) is 9.71. The summed E-state index contributed by atoms with van der Waals surface area (Å²) in [5.74, 6) is -1.60. The van der Waals surface area contributed by atoms with Gasteiger partial charge >= 0.3 is 11.9 Å². The predicted octanol–water partition coefficient (Wildman–Crippen LogP) is 0.916. The Labute approximate surface area is 174 Å². The average molecular weight is 424 g/mol. The number of hydrogen-bond acceptors (Lipinski definition) is 9. The zero-order valence-electron chi connectivity index (χ0n) is 17.0. The molecule has 0 amide bonds. The number of phenolic OH excluding ortho intramolecular Hbond substituents is 1. The SMILES string of the molecule is CCCCOC(=O)[C@@]1(O)CC(OC(=O)/C=C/c2ccc(O)c(OC)c2)[C@H](O)[C@H](O)C1. The highest BCUT2D eigenvalue weighted by molar-refractivity contribution is 5.87. The van der Waals surface area contributed by atoms with Crippen LogP contribution in [-0.2, 0) is 19.1 Å². The van der Waals surface area contributed by atoms with Crippen molar-refractivity contribution in [1.29, 1.82) is 0 Å². The van der Waals surface area contributed by atoms with Crippen LogP contribution < -0.4 is 4.74 Å². The molecule has 166 valence electrons. The van der Waals surface area contributed by atoms with Gasteiger partial charge in [-0.2, -0.15) is 0 Å². The van der Waals surface area contributed by atoms with E-state index in [2.05, 4.69) is 0 Å². The maximum atomic E-state index is 12.2. The monoisotopic (exact) mass is 424 g/mol. The van der Waals surface area contributed by atoms with E-state index < -0.39 is 48.7 Å². The molecule has 0 aliphatic heterocycles. The molecule has 0 spiro atoms. The number of aromatic hydroxyl groups is 1. The van der Waals surface area contributed by atoms with Crippen molar-refractivity contribution in [3.63, 3.8) is 0 Å². The molecule has 0 aromatic heterocycles. The number of carbonyl (C=O) groups is 2. The van der Waals surface area contributed by atoms with Crippen LogP contribution in [0.4, 0.5) is 0 Å². The molecule has 1 aliphatic carbocycles. The lowest BCUT2D eigenvalue weighted by atomic mass is 9.79. The van der Waals surface area contributed by atoms with Crippen LogP contribution in [0.3, 0.4) is 0 Å². The zero-order valence-corrected chi connectivity index (χ0v) is 17.0. The van der Waals surface area contributed by atoms with Crippen molar-refractivity contribution in [3.05, 3.63) is 29.8 Å². The first-order valence-electron chi connectivity index (χ1n) is 9.71. The van der Waals surface area contributed by atoms with E-state index in [4.69, 9.17) is 14.2 Å². The van der Waals surface area contributed by atoms with Gasteiger partial charge in [0, 0.05) is 18.9 Å². The topological polar surface area (TPSA) is 143 Å². The van der Waals surface area contributed by atoms with Crippen LogP contribution >= 0.6 is 0 Å². The Morgan fingerprint density at radius 3 is 2.67 bits per heavy atom. The van der Waals surface area contributed by atoms with Crippen LogP contribution in [-0.4, -0.2) is 70.0 Å². The molecule has 9 heteroatoms. The minimum absolute atomic E-state index is 0.0540. The lowest BCUT2D eigenvalue weighted by molar-refractivity contribution is -0.200. The highest BCUT2D eigenvalue weighted by Gasteiger charge is 2.51. The molecule has 0 bridgehead atoms. The van der Waals surface area contributed by atoms with Gasteiger partial charge in [-0.3, -0.25) is 0 Å². The molecule has 0 radical (unpaired) electrons. The molecule has 30 heavy (non-hydrogen) atoms. The van der Waals surface area contributed by atoms with Crippen molar-refractivity contribution in [2.75, 3.05) is 13.7 Å². The lowest BCUT2D eigenvalue weighted by Crippen LogP contribution is -2.57. The van der Waals surface area contributed by atoms with Gasteiger partial charge < -0.3 is 34.6 Å². The van der Waals surface area contributed by atoms with Gasteiger partial charge in [-0.25, -0.2) is 9.59 Å². The first kappa shape index (κ1) is 23.7. The van der Waals surface area contributed by atoms with Crippen LogP contribution in [0.1, 0.15) is 38.2 Å². The highest BCUT2D eigenvalue weighted by atomic mass is 16.6. The Morgan fingerprint density at radius 2 is 2.00 bits per heavy atom. The fourth-order valence-electron chi connectivity index (χ4n) is 3.12. The number of esters is 2. The van der Waals surface area contributed by atoms with Crippen LogP contribution in [0.5, 0.6) is 11.5 Å². The molecule has 4 atom stereocenters. The second kappa shape index (κ2) is 10.4. The molecule has 2 rings (SSSR count). The van der Waals surface area contributed by atoms with E-state index >= 15 is 0 Å². The lowest BCUT2D eigenvalue weighted by Gasteiger charge is -2.39. The minimum Gasteiger partial charge on any atom is -0.504 e. The number of aliphatic hydroxyl groups excluding tert-OH is 2. The number of ether oxygens (including phenoxy) is 3. The zero-order chi connectivity index (χ0) is 22.3.